The van der Waals surface area contributed by atoms with Crippen molar-refractivity contribution in [3.05, 3.63) is 93.6 Å². The molecule has 200 valence electrons. The van der Waals surface area contributed by atoms with Crippen molar-refractivity contribution in [2.75, 3.05) is 14.2 Å². The number of carbonyl (C=O) groups is 1. The topological polar surface area (TPSA) is 37.1 Å². The van der Waals surface area contributed by atoms with Gasteiger partial charge in [0.15, 0.2) is 5.69 Å². The zero-order valence-electron chi connectivity index (χ0n) is 21.9. The summed E-state index contributed by atoms with van der Waals surface area (Å²) < 4.78 is 8.43. The van der Waals surface area contributed by atoms with Crippen LogP contribution in [-0.4, -0.2) is 41.5 Å². The lowest BCUT2D eigenvalue weighted by Crippen LogP contribution is -2.44. The smallest absolute Gasteiger partial charge is 0.266 e. The van der Waals surface area contributed by atoms with E-state index in [1.165, 1.54) is 11.3 Å². The molecule has 1 heterocycles. The number of hydrogen-bond acceptors (Lipinski definition) is 4. The van der Waals surface area contributed by atoms with E-state index in [0.717, 1.165) is 58.2 Å². The van der Waals surface area contributed by atoms with Gasteiger partial charge in [-0.3, -0.25) is 4.79 Å². The van der Waals surface area contributed by atoms with E-state index in [2.05, 4.69) is 10.9 Å². The fraction of sp³-hybridized carbons (Fsp3) is 0.290. The number of fused-ring (bicyclic) bond motifs is 1. The molecular formula is C31H29Cl2N3O2S. The van der Waals surface area contributed by atoms with Crippen LogP contribution in [0, 0.1) is 6.57 Å². The van der Waals surface area contributed by atoms with E-state index in [1.807, 2.05) is 60.5 Å². The highest BCUT2D eigenvalue weighted by molar-refractivity contribution is 7.21. The van der Waals surface area contributed by atoms with Crippen molar-refractivity contribution < 1.29 is 9.53 Å². The molecule has 1 aliphatic rings. The van der Waals surface area contributed by atoms with Crippen LogP contribution in [0.3, 0.4) is 0 Å². The second kappa shape index (κ2) is 12.0. The summed E-state index contributed by atoms with van der Waals surface area (Å²) in [5, 5.41) is 1.43. The van der Waals surface area contributed by atoms with Crippen LogP contribution in [0.2, 0.25) is 5.02 Å². The third-order valence-corrected chi connectivity index (χ3v) is 9.46. The van der Waals surface area contributed by atoms with E-state index in [1.54, 1.807) is 23.7 Å². The van der Waals surface area contributed by atoms with Gasteiger partial charge in [-0.05, 0) is 66.8 Å². The summed E-state index contributed by atoms with van der Waals surface area (Å²) in [5.74, 6) is 0.702. The lowest BCUT2D eigenvalue weighted by molar-refractivity contribution is 0.0591. The Labute approximate surface area is 243 Å². The van der Waals surface area contributed by atoms with E-state index in [4.69, 9.17) is 34.7 Å². The quantitative estimate of drug-likeness (QED) is 0.162. The molecule has 1 aromatic heterocycles. The molecule has 1 saturated carbocycles. The van der Waals surface area contributed by atoms with E-state index in [-0.39, 0.29) is 11.9 Å². The molecule has 1 fully saturated rings. The molecule has 0 aliphatic heterocycles. The first-order chi connectivity index (χ1) is 18.9. The molecule has 4 aromatic rings. The van der Waals surface area contributed by atoms with E-state index < -0.39 is 0 Å². The summed E-state index contributed by atoms with van der Waals surface area (Å²) in [7, 11) is 3.55. The van der Waals surface area contributed by atoms with Gasteiger partial charge in [-0.2, -0.15) is 0 Å². The largest absolute Gasteiger partial charge is 0.496 e. The van der Waals surface area contributed by atoms with Crippen molar-refractivity contribution in [3.8, 4) is 16.9 Å². The SMILES string of the molecule is [C-]#[N+]c1ccc(-c2cc(CN(C(=O)c3sc4ccccc4c3Cl)C3CCC(N(C)Cl)CC3)ccc2OC)cc1. The number of rotatable bonds is 7. The summed E-state index contributed by atoms with van der Waals surface area (Å²) in [5.41, 5.74) is 3.47. The van der Waals surface area contributed by atoms with Gasteiger partial charge in [0, 0.05) is 41.3 Å². The van der Waals surface area contributed by atoms with Crippen LogP contribution in [0.5, 0.6) is 5.75 Å². The maximum absolute atomic E-state index is 14.2. The van der Waals surface area contributed by atoms with Gasteiger partial charge in [0.05, 0.1) is 18.7 Å². The van der Waals surface area contributed by atoms with Crippen LogP contribution >= 0.6 is 34.7 Å². The number of halogens is 2. The summed E-state index contributed by atoms with van der Waals surface area (Å²) >= 11 is 14.5. The average Bonchev–Trinajstić information content (AvgIpc) is 3.32. The van der Waals surface area contributed by atoms with Gasteiger partial charge in [-0.15, -0.1) is 11.3 Å². The molecule has 3 aromatic carbocycles. The Kier molecular flexibility index (Phi) is 8.44. The highest BCUT2D eigenvalue weighted by atomic mass is 35.5. The standard InChI is InChI=1S/C31H29Cl2N3O2S/c1-34-22-11-9-21(10-12-22)26-18-20(8-17-27(26)38-3)19-36(24-15-13-23(14-16-24)35(2)33)31(37)30-29(32)25-6-4-5-7-28(25)39-30/h4-12,17-18,23-24H,13-16,19H2,2-3H3. The predicted molar refractivity (Wildman–Crippen MR) is 161 cm³/mol. The maximum Gasteiger partial charge on any atom is 0.266 e. The van der Waals surface area contributed by atoms with E-state index in [9.17, 15) is 4.79 Å². The van der Waals surface area contributed by atoms with Gasteiger partial charge in [0.2, 0.25) is 0 Å². The van der Waals surface area contributed by atoms with Gasteiger partial charge in [-0.1, -0.05) is 60.1 Å². The second-order valence-corrected chi connectivity index (χ2v) is 11.8. The van der Waals surface area contributed by atoms with Gasteiger partial charge in [0.1, 0.15) is 10.6 Å². The number of nitrogens with zero attached hydrogens (tertiary/aromatic N) is 3. The summed E-state index contributed by atoms with van der Waals surface area (Å²) in [6.07, 6.45) is 3.60. The van der Waals surface area contributed by atoms with Gasteiger partial charge in [-0.25, -0.2) is 9.26 Å². The number of amides is 1. The van der Waals surface area contributed by atoms with E-state index in [0.29, 0.717) is 28.2 Å². The second-order valence-electron chi connectivity index (χ2n) is 9.85. The normalized spacial score (nSPS) is 17.2. The summed E-state index contributed by atoms with van der Waals surface area (Å²) in [6, 6.07) is 21.8. The highest BCUT2D eigenvalue weighted by Gasteiger charge is 2.32. The average molecular weight is 579 g/mol. The third kappa shape index (κ3) is 5.78. The van der Waals surface area contributed by atoms with Crippen LogP contribution in [-0.2, 0) is 6.54 Å². The van der Waals surface area contributed by atoms with Crippen LogP contribution in [0.15, 0.2) is 66.7 Å². The van der Waals surface area contributed by atoms with Crippen LogP contribution in [0.25, 0.3) is 26.1 Å². The molecule has 0 N–H and O–H groups in total. The molecule has 1 amide bonds. The fourth-order valence-corrected chi connectivity index (χ4v) is 7.03. The zero-order valence-corrected chi connectivity index (χ0v) is 24.2. The van der Waals surface area contributed by atoms with Crippen LogP contribution in [0.1, 0.15) is 40.9 Å². The Balaban J connectivity index is 1.50. The number of thiophene rings is 1. The van der Waals surface area contributed by atoms with Crippen molar-refractivity contribution >= 4 is 56.4 Å². The Morgan fingerprint density at radius 2 is 1.74 bits per heavy atom. The van der Waals surface area contributed by atoms with Crippen LogP contribution < -0.4 is 4.74 Å². The lowest BCUT2D eigenvalue weighted by Gasteiger charge is -2.38. The monoisotopic (exact) mass is 577 g/mol. The molecule has 8 heteroatoms. The predicted octanol–water partition coefficient (Wildman–Crippen LogP) is 8.82. The highest BCUT2D eigenvalue weighted by Crippen LogP contribution is 2.38. The Bertz CT molecular complexity index is 1520. The summed E-state index contributed by atoms with van der Waals surface area (Å²) in [4.78, 5) is 20.2. The molecular weight excluding hydrogens is 549 g/mol. The zero-order chi connectivity index (χ0) is 27.5. The lowest BCUT2D eigenvalue weighted by atomic mass is 9.89. The first kappa shape index (κ1) is 27.5. The molecule has 0 bridgehead atoms. The minimum atomic E-state index is -0.0392. The van der Waals surface area contributed by atoms with Crippen molar-refractivity contribution in [2.24, 2.45) is 0 Å². The molecule has 0 spiro atoms. The summed E-state index contributed by atoms with van der Waals surface area (Å²) in [6.45, 7) is 7.70. The van der Waals surface area contributed by atoms with E-state index >= 15 is 0 Å². The first-order valence-corrected chi connectivity index (χ1v) is 14.4. The van der Waals surface area contributed by atoms with Crippen molar-refractivity contribution in [1.82, 2.24) is 9.32 Å². The van der Waals surface area contributed by atoms with Crippen LogP contribution in [0.4, 0.5) is 5.69 Å². The molecule has 0 radical (unpaired) electrons. The Morgan fingerprint density at radius 1 is 1.05 bits per heavy atom. The Morgan fingerprint density at radius 3 is 2.38 bits per heavy atom. The molecule has 5 rings (SSSR count). The first-order valence-electron chi connectivity index (χ1n) is 12.9. The number of hydrogen-bond donors (Lipinski definition) is 0. The van der Waals surface area contributed by atoms with Crippen molar-refractivity contribution in [1.29, 1.82) is 0 Å². The number of ether oxygens (including phenoxy) is 1. The molecule has 39 heavy (non-hydrogen) atoms. The fourth-order valence-electron chi connectivity index (χ4n) is 5.37. The molecule has 0 saturated heterocycles. The van der Waals surface area contributed by atoms with Crippen molar-refractivity contribution in [2.45, 2.75) is 44.3 Å². The Hall–Kier alpha value is -3.08. The van der Waals surface area contributed by atoms with Crippen molar-refractivity contribution in [3.63, 3.8) is 0 Å². The molecule has 1 aliphatic carbocycles. The minimum Gasteiger partial charge on any atom is -0.496 e. The van der Waals surface area contributed by atoms with Gasteiger partial charge < -0.3 is 9.64 Å². The minimum absolute atomic E-state index is 0.0392. The van der Waals surface area contributed by atoms with Gasteiger partial charge >= 0.3 is 0 Å². The number of carbonyl (C=O) groups excluding carboxylic acids is 1. The number of benzene rings is 3. The molecule has 0 atom stereocenters. The third-order valence-electron chi connectivity index (χ3n) is 7.52. The maximum atomic E-state index is 14.2. The molecule has 0 unspecified atom stereocenters. The number of methoxy groups -OCH3 is 1. The molecule has 5 nitrogen and oxygen atoms in total. The van der Waals surface area contributed by atoms with Gasteiger partial charge in [0.25, 0.3) is 5.91 Å².